The summed E-state index contributed by atoms with van der Waals surface area (Å²) in [5, 5.41) is 26.7. The number of aliphatic carboxylic acids is 1. The maximum Gasteiger partial charge on any atom is 0.328 e. The molecule has 0 bridgehead atoms. The molecule has 0 aliphatic carbocycles. The number of aliphatic hydroxyl groups excluding tert-OH is 1. The fourth-order valence-corrected chi connectivity index (χ4v) is 3.68. The van der Waals surface area contributed by atoms with Crippen LogP contribution in [0.3, 0.4) is 0 Å². The number of amides is 2. The molecule has 8 nitrogen and oxygen atoms in total. The average molecular weight is 416 g/mol. The van der Waals surface area contributed by atoms with E-state index in [1.807, 2.05) is 0 Å². The molecule has 1 fully saturated rings. The van der Waals surface area contributed by atoms with Crippen LogP contribution < -0.4 is 16.0 Å². The van der Waals surface area contributed by atoms with Gasteiger partial charge in [0.1, 0.15) is 6.04 Å². The number of aliphatic hydroxyl groups is 1. The molecule has 5 N–H and O–H groups in total. The van der Waals surface area contributed by atoms with Crippen LogP contribution in [0.2, 0.25) is 5.02 Å². The van der Waals surface area contributed by atoms with Gasteiger partial charge in [-0.25, -0.2) is 4.79 Å². The van der Waals surface area contributed by atoms with E-state index in [1.54, 1.807) is 36.0 Å². The number of halogens is 1. The van der Waals surface area contributed by atoms with Gasteiger partial charge in [0.15, 0.2) is 0 Å². The van der Waals surface area contributed by atoms with E-state index in [-0.39, 0.29) is 30.8 Å². The summed E-state index contributed by atoms with van der Waals surface area (Å²) in [5.74, 6) is -0.938. The topological polar surface area (TPSA) is 128 Å². The van der Waals surface area contributed by atoms with Crippen molar-refractivity contribution in [2.45, 2.75) is 24.4 Å². The Morgan fingerprint density at radius 2 is 2.00 bits per heavy atom. The highest BCUT2D eigenvalue weighted by atomic mass is 35.5. The van der Waals surface area contributed by atoms with Crippen molar-refractivity contribution in [2.24, 2.45) is 0 Å². The Morgan fingerprint density at radius 3 is 2.56 bits per heavy atom. The first-order chi connectivity index (χ1) is 12.9. The standard InChI is InChI=1S/C17H22ClN3O5S/c18-12-3-1-10(2-4-12)11(5-15(23)21-13(7-22)17(25)26)6-19-16(24)14-8-27-9-20-14/h1-4,11,13-14,20,22H,5-9H2,(H,19,24)(H,21,23)(H,25,26)/t11-,13-,14-/m0/s1. The van der Waals surface area contributed by atoms with Gasteiger partial charge in [-0.1, -0.05) is 23.7 Å². The molecule has 2 amide bonds. The van der Waals surface area contributed by atoms with E-state index in [0.717, 1.165) is 11.4 Å². The Labute approximate surface area is 166 Å². The minimum atomic E-state index is -1.36. The lowest BCUT2D eigenvalue weighted by atomic mass is 9.95. The maximum atomic E-state index is 12.2. The molecule has 27 heavy (non-hydrogen) atoms. The first kappa shape index (κ1) is 21.5. The molecule has 1 aliphatic rings. The Kier molecular flexibility index (Phi) is 8.36. The van der Waals surface area contributed by atoms with Gasteiger partial charge < -0.3 is 20.8 Å². The summed E-state index contributed by atoms with van der Waals surface area (Å²) < 4.78 is 0. The average Bonchev–Trinajstić information content (AvgIpc) is 3.18. The molecule has 0 radical (unpaired) electrons. The summed E-state index contributed by atoms with van der Waals surface area (Å²) in [6.07, 6.45) is -0.0431. The van der Waals surface area contributed by atoms with Gasteiger partial charge in [0.2, 0.25) is 11.8 Å². The first-order valence-corrected chi connectivity index (χ1v) is 9.91. The van der Waals surface area contributed by atoms with E-state index in [4.69, 9.17) is 21.8 Å². The van der Waals surface area contributed by atoms with E-state index in [2.05, 4.69) is 16.0 Å². The van der Waals surface area contributed by atoms with Gasteiger partial charge in [-0.15, -0.1) is 11.8 Å². The highest BCUT2D eigenvalue weighted by molar-refractivity contribution is 7.99. The molecule has 1 aromatic rings. The summed E-state index contributed by atoms with van der Waals surface area (Å²) >= 11 is 7.54. The third kappa shape index (κ3) is 6.69. The highest BCUT2D eigenvalue weighted by Crippen LogP contribution is 2.21. The van der Waals surface area contributed by atoms with E-state index in [0.29, 0.717) is 10.8 Å². The second kappa shape index (κ2) is 10.5. The molecule has 1 saturated heterocycles. The molecule has 0 spiro atoms. The third-order valence-corrected chi connectivity index (χ3v) is 5.34. The summed E-state index contributed by atoms with van der Waals surface area (Å²) in [4.78, 5) is 35.4. The number of carboxylic acid groups (broad SMARTS) is 1. The van der Waals surface area contributed by atoms with Crippen LogP contribution in [0.1, 0.15) is 17.9 Å². The van der Waals surface area contributed by atoms with Gasteiger partial charge in [-0.05, 0) is 17.7 Å². The molecule has 148 valence electrons. The minimum Gasteiger partial charge on any atom is -0.480 e. The summed E-state index contributed by atoms with van der Waals surface area (Å²) in [7, 11) is 0. The number of rotatable bonds is 9. The lowest BCUT2D eigenvalue weighted by Crippen LogP contribution is -2.45. The highest BCUT2D eigenvalue weighted by Gasteiger charge is 2.25. The Morgan fingerprint density at radius 1 is 1.30 bits per heavy atom. The van der Waals surface area contributed by atoms with Crippen molar-refractivity contribution in [2.75, 3.05) is 24.8 Å². The molecular weight excluding hydrogens is 394 g/mol. The molecule has 1 heterocycles. The zero-order valence-corrected chi connectivity index (χ0v) is 16.1. The van der Waals surface area contributed by atoms with Crippen molar-refractivity contribution in [3.63, 3.8) is 0 Å². The van der Waals surface area contributed by atoms with Crippen LogP contribution >= 0.6 is 23.4 Å². The van der Waals surface area contributed by atoms with Crippen LogP contribution in [0.25, 0.3) is 0 Å². The monoisotopic (exact) mass is 415 g/mol. The number of carbonyl (C=O) groups is 3. The number of thioether (sulfide) groups is 1. The third-order valence-electron chi connectivity index (χ3n) is 4.14. The maximum absolute atomic E-state index is 12.2. The number of nitrogens with one attached hydrogen (secondary N) is 3. The quantitative estimate of drug-likeness (QED) is 0.388. The molecule has 1 aromatic carbocycles. The molecule has 0 unspecified atom stereocenters. The fraction of sp³-hybridized carbons (Fsp3) is 0.471. The molecular formula is C17H22ClN3O5S. The van der Waals surface area contributed by atoms with Crippen LogP contribution in [-0.2, 0) is 14.4 Å². The van der Waals surface area contributed by atoms with Crippen molar-refractivity contribution in [1.29, 1.82) is 0 Å². The number of benzene rings is 1. The Bertz CT molecular complexity index is 667. The van der Waals surface area contributed by atoms with Crippen LogP contribution in [-0.4, -0.2) is 64.9 Å². The van der Waals surface area contributed by atoms with Crippen molar-refractivity contribution < 1.29 is 24.6 Å². The van der Waals surface area contributed by atoms with Gasteiger partial charge in [-0.3, -0.25) is 14.9 Å². The Hall–Kier alpha value is -1.81. The zero-order chi connectivity index (χ0) is 19.8. The zero-order valence-electron chi connectivity index (χ0n) is 14.5. The second-order valence-corrected chi connectivity index (χ2v) is 7.58. The predicted octanol–water partition coefficient (Wildman–Crippen LogP) is 0.154. The van der Waals surface area contributed by atoms with Crippen molar-refractivity contribution in [3.05, 3.63) is 34.9 Å². The van der Waals surface area contributed by atoms with Crippen LogP contribution in [0.15, 0.2) is 24.3 Å². The summed E-state index contributed by atoms with van der Waals surface area (Å²) in [6.45, 7) is -0.484. The molecule has 10 heteroatoms. The summed E-state index contributed by atoms with van der Waals surface area (Å²) in [6, 6.07) is 5.27. The van der Waals surface area contributed by atoms with E-state index >= 15 is 0 Å². The van der Waals surface area contributed by atoms with Gasteiger partial charge >= 0.3 is 5.97 Å². The van der Waals surface area contributed by atoms with Crippen molar-refractivity contribution in [3.8, 4) is 0 Å². The number of carboxylic acids is 1. The predicted molar refractivity (Wildman–Crippen MR) is 103 cm³/mol. The Balaban J connectivity index is 2.02. The fourth-order valence-electron chi connectivity index (χ4n) is 2.62. The van der Waals surface area contributed by atoms with Gasteiger partial charge in [0, 0.05) is 35.5 Å². The number of hydrogen-bond acceptors (Lipinski definition) is 6. The van der Waals surface area contributed by atoms with E-state index < -0.39 is 24.5 Å². The SMILES string of the molecule is O=C(C[C@@H](CNC(=O)[C@@H]1CSCN1)c1ccc(Cl)cc1)N[C@@H](CO)C(=O)O. The van der Waals surface area contributed by atoms with Crippen LogP contribution in [0, 0.1) is 0 Å². The first-order valence-electron chi connectivity index (χ1n) is 8.38. The van der Waals surface area contributed by atoms with Crippen molar-refractivity contribution in [1.82, 2.24) is 16.0 Å². The van der Waals surface area contributed by atoms with Crippen molar-refractivity contribution >= 4 is 41.1 Å². The molecule has 0 saturated carbocycles. The van der Waals surface area contributed by atoms with Gasteiger partial charge in [0.05, 0.1) is 12.6 Å². The smallest absolute Gasteiger partial charge is 0.328 e. The summed E-state index contributed by atoms with van der Waals surface area (Å²) in [5.41, 5.74) is 0.791. The van der Waals surface area contributed by atoms with E-state index in [1.165, 1.54) is 0 Å². The molecule has 2 rings (SSSR count). The second-order valence-electron chi connectivity index (χ2n) is 6.11. The number of carbonyl (C=O) groups excluding carboxylic acids is 2. The molecule has 0 aromatic heterocycles. The largest absolute Gasteiger partial charge is 0.480 e. The lowest BCUT2D eigenvalue weighted by molar-refractivity contribution is -0.143. The number of hydrogen-bond donors (Lipinski definition) is 5. The van der Waals surface area contributed by atoms with Gasteiger partial charge in [-0.2, -0.15) is 0 Å². The lowest BCUT2D eigenvalue weighted by Gasteiger charge is -2.20. The normalized spacial score (nSPS) is 18.5. The minimum absolute atomic E-state index is 0.0431. The molecule has 1 aliphatic heterocycles. The van der Waals surface area contributed by atoms with Crippen LogP contribution in [0.5, 0.6) is 0 Å². The molecule has 3 atom stereocenters. The van der Waals surface area contributed by atoms with E-state index in [9.17, 15) is 14.4 Å². The van der Waals surface area contributed by atoms with Gasteiger partial charge in [0.25, 0.3) is 0 Å². The van der Waals surface area contributed by atoms with Crippen LogP contribution in [0.4, 0.5) is 0 Å².